The molecule has 0 aliphatic carbocycles. The summed E-state index contributed by atoms with van der Waals surface area (Å²) in [5, 5.41) is 3.00. The van der Waals surface area contributed by atoms with Crippen molar-refractivity contribution < 1.29 is 14.4 Å². The Kier molecular flexibility index (Phi) is 5.42. The molecular formula is C19H25BrN2O3. The van der Waals surface area contributed by atoms with Crippen LogP contribution in [0.25, 0.3) is 0 Å². The summed E-state index contributed by atoms with van der Waals surface area (Å²) in [5.74, 6) is -0.843. The zero-order valence-corrected chi connectivity index (χ0v) is 17.0. The van der Waals surface area contributed by atoms with Crippen molar-refractivity contribution in [1.29, 1.82) is 0 Å². The number of nitrogens with zero attached hydrogens (tertiary/aromatic N) is 1. The van der Waals surface area contributed by atoms with E-state index in [9.17, 15) is 14.4 Å². The molecule has 0 unspecified atom stereocenters. The molecule has 6 heteroatoms. The predicted molar refractivity (Wildman–Crippen MR) is 100 cm³/mol. The number of amides is 3. The third kappa shape index (κ3) is 4.91. The molecule has 1 aliphatic heterocycles. The van der Waals surface area contributed by atoms with E-state index in [1.54, 1.807) is 18.2 Å². The number of fused-ring (bicyclic) bond motifs is 1. The van der Waals surface area contributed by atoms with Gasteiger partial charge >= 0.3 is 0 Å². The van der Waals surface area contributed by atoms with E-state index in [-0.39, 0.29) is 41.6 Å². The average Bonchev–Trinajstić information content (AvgIpc) is 2.65. The number of hydrogen-bond donors (Lipinski definition) is 1. The molecule has 0 radical (unpaired) electrons. The molecule has 1 N–H and O–H groups in total. The van der Waals surface area contributed by atoms with E-state index >= 15 is 0 Å². The molecule has 2 rings (SSSR count). The molecule has 0 atom stereocenters. The van der Waals surface area contributed by atoms with E-state index in [0.717, 1.165) is 15.8 Å². The number of imide groups is 1. The molecule has 1 aromatic rings. The molecule has 0 saturated carbocycles. The average molecular weight is 409 g/mol. The van der Waals surface area contributed by atoms with Crippen molar-refractivity contribution >= 4 is 33.7 Å². The maximum Gasteiger partial charge on any atom is 0.261 e. The van der Waals surface area contributed by atoms with Crippen LogP contribution < -0.4 is 5.32 Å². The van der Waals surface area contributed by atoms with E-state index in [0.29, 0.717) is 11.1 Å². The van der Waals surface area contributed by atoms with Crippen LogP contribution in [-0.2, 0) is 4.79 Å². The van der Waals surface area contributed by atoms with Crippen molar-refractivity contribution in [2.24, 2.45) is 5.41 Å². The van der Waals surface area contributed by atoms with Crippen molar-refractivity contribution in [2.75, 3.05) is 6.54 Å². The number of nitrogens with one attached hydrogen (secondary N) is 1. The van der Waals surface area contributed by atoms with Gasteiger partial charge in [0.15, 0.2) is 0 Å². The van der Waals surface area contributed by atoms with E-state index in [4.69, 9.17) is 0 Å². The summed E-state index contributed by atoms with van der Waals surface area (Å²) in [6.07, 6.45) is 0.924. The molecule has 1 aromatic carbocycles. The van der Waals surface area contributed by atoms with Crippen LogP contribution in [0.5, 0.6) is 0 Å². The van der Waals surface area contributed by atoms with Crippen LogP contribution in [0.15, 0.2) is 22.7 Å². The minimum atomic E-state index is -0.345. The van der Waals surface area contributed by atoms with Gasteiger partial charge in [-0.3, -0.25) is 19.3 Å². The quantitative estimate of drug-likeness (QED) is 0.753. The number of carbonyl (C=O) groups is 3. The summed E-state index contributed by atoms with van der Waals surface area (Å²) >= 11 is 3.31. The highest BCUT2D eigenvalue weighted by molar-refractivity contribution is 9.10. The Bertz CT molecular complexity index is 720. The molecular weight excluding hydrogens is 384 g/mol. The van der Waals surface area contributed by atoms with Gasteiger partial charge < -0.3 is 5.32 Å². The Morgan fingerprint density at radius 2 is 1.68 bits per heavy atom. The zero-order chi connectivity index (χ0) is 19.0. The van der Waals surface area contributed by atoms with Gasteiger partial charge in [-0.25, -0.2) is 0 Å². The Morgan fingerprint density at radius 3 is 2.28 bits per heavy atom. The second kappa shape index (κ2) is 6.90. The van der Waals surface area contributed by atoms with E-state index < -0.39 is 0 Å². The van der Waals surface area contributed by atoms with Gasteiger partial charge in [-0.05, 0) is 43.9 Å². The maximum absolute atomic E-state index is 12.4. The normalized spacial score (nSPS) is 14.7. The van der Waals surface area contributed by atoms with Crippen molar-refractivity contribution in [1.82, 2.24) is 10.2 Å². The second-order valence-corrected chi connectivity index (χ2v) is 9.29. The highest BCUT2D eigenvalue weighted by Crippen LogP contribution is 2.28. The fourth-order valence-corrected chi connectivity index (χ4v) is 3.85. The van der Waals surface area contributed by atoms with Crippen LogP contribution in [0, 0.1) is 5.41 Å². The predicted octanol–water partition coefficient (Wildman–Crippen LogP) is 3.77. The fraction of sp³-hybridized carbons (Fsp3) is 0.526. The van der Waals surface area contributed by atoms with Crippen LogP contribution in [0.1, 0.15) is 68.2 Å². The first-order valence-electron chi connectivity index (χ1n) is 8.36. The third-order valence-corrected chi connectivity index (χ3v) is 4.44. The van der Waals surface area contributed by atoms with Gasteiger partial charge in [0.25, 0.3) is 11.8 Å². The first-order valence-corrected chi connectivity index (χ1v) is 9.16. The standard InChI is InChI=1S/C19H25BrN2O3/c1-18(2,3)11-19(4,5)21-15(23)8-9-22-16(24)13-7-6-12(20)10-14(13)17(22)25/h6-7,10H,8-9,11H2,1-5H3,(H,21,23). The van der Waals surface area contributed by atoms with Gasteiger partial charge in [-0.15, -0.1) is 0 Å². The highest BCUT2D eigenvalue weighted by Gasteiger charge is 2.36. The molecule has 25 heavy (non-hydrogen) atoms. The summed E-state index contributed by atoms with van der Waals surface area (Å²) in [7, 11) is 0. The number of benzene rings is 1. The summed E-state index contributed by atoms with van der Waals surface area (Å²) in [4.78, 5) is 38.2. The molecule has 5 nitrogen and oxygen atoms in total. The van der Waals surface area contributed by atoms with E-state index in [1.807, 2.05) is 13.8 Å². The van der Waals surface area contributed by atoms with Crippen molar-refractivity contribution in [3.63, 3.8) is 0 Å². The summed E-state index contributed by atoms with van der Waals surface area (Å²) in [6, 6.07) is 5.00. The van der Waals surface area contributed by atoms with E-state index in [1.165, 1.54) is 0 Å². The Hall–Kier alpha value is -1.69. The Morgan fingerprint density at radius 1 is 1.08 bits per heavy atom. The summed E-state index contributed by atoms with van der Waals surface area (Å²) < 4.78 is 0.746. The number of hydrogen-bond acceptors (Lipinski definition) is 3. The van der Waals surface area contributed by atoms with Crippen molar-refractivity contribution in [2.45, 2.75) is 53.0 Å². The monoisotopic (exact) mass is 408 g/mol. The molecule has 3 amide bonds. The first-order chi connectivity index (χ1) is 11.4. The SMILES string of the molecule is CC(C)(C)CC(C)(C)NC(=O)CCN1C(=O)c2ccc(Br)cc2C1=O. The molecule has 0 fully saturated rings. The fourth-order valence-electron chi connectivity index (χ4n) is 3.49. The molecule has 0 spiro atoms. The topological polar surface area (TPSA) is 66.5 Å². The number of rotatable bonds is 5. The molecule has 1 aliphatic rings. The van der Waals surface area contributed by atoms with Gasteiger partial charge in [0, 0.05) is 23.0 Å². The molecule has 1 heterocycles. The molecule has 0 saturated heterocycles. The molecule has 136 valence electrons. The Labute approximate surface area is 157 Å². The molecule has 0 aromatic heterocycles. The number of halogens is 1. The van der Waals surface area contributed by atoms with Crippen LogP contribution in [0.3, 0.4) is 0 Å². The minimum Gasteiger partial charge on any atom is -0.351 e. The molecule has 0 bridgehead atoms. The lowest BCUT2D eigenvalue weighted by Gasteiger charge is -2.33. The lowest BCUT2D eigenvalue weighted by atomic mass is 9.82. The highest BCUT2D eigenvalue weighted by atomic mass is 79.9. The van der Waals surface area contributed by atoms with Gasteiger partial charge in [0.2, 0.25) is 5.91 Å². The smallest absolute Gasteiger partial charge is 0.261 e. The van der Waals surface area contributed by atoms with Gasteiger partial charge in [-0.2, -0.15) is 0 Å². The van der Waals surface area contributed by atoms with Crippen molar-refractivity contribution in [3.8, 4) is 0 Å². The van der Waals surface area contributed by atoms with E-state index in [2.05, 4.69) is 42.0 Å². The van der Waals surface area contributed by atoms with Crippen LogP contribution >= 0.6 is 15.9 Å². The van der Waals surface area contributed by atoms with Crippen LogP contribution in [0.2, 0.25) is 0 Å². The van der Waals surface area contributed by atoms with Crippen LogP contribution in [-0.4, -0.2) is 34.7 Å². The third-order valence-electron chi connectivity index (χ3n) is 3.95. The summed E-state index contributed by atoms with van der Waals surface area (Å²) in [5.41, 5.74) is 0.518. The summed E-state index contributed by atoms with van der Waals surface area (Å²) in [6.45, 7) is 10.4. The number of carbonyl (C=O) groups excluding carboxylic acids is 3. The van der Waals surface area contributed by atoms with Gasteiger partial charge in [0.1, 0.15) is 0 Å². The van der Waals surface area contributed by atoms with Gasteiger partial charge in [0.05, 0.1) is 11.1 Å². The van der Waals surface area contributed by atoms with Crippen LogP contribution in [0.4, 0.5) is 0 Å². The first kappa shape index (κ1) is 19.6. The largest absolute Gasteiger partial charge is 0.351 e. The van der Waals surface area contributed by atoms with Gasteiger partial charge in [-0.1, -0.05) is 36.7 Å². The zero-order valence-electron chi connectivity index (χ0n) is 15.4. The lowest BCUT2D eigenvalue weighted by molar-refractivity contribution is -0.123. The Balaban J connectivity index is 1.97. The van der Waals surface area contributed by atoms with Crippen molar-refractivity contribution in [3.05, 3.63) is 33.8 Å². The lowest BCUT2D eigenvalue weighted by Crippen LogP contribution is -2.46. The second-order valence-electron chi connectivity index (χ2n) is 8.37. The minimum absolute atomic E-state index is 0.0847. The maximum atomic E-state index is 12.4.